The number of nitrogens with one attached hydrogen (secondary N) is 1. The molecule has 1 amide bonds. The van der Waals surface area contributed by atoms with Crippen LogP contribution in [0.5, 0.6) is 0 Å². The van der Waals surface area contributed by atoms with E-state index in [0.29, 0.717) is 12.1 Å². The Labute approximate surface area is 116 Å². The Hall–Kier alpha value is -2.20. The molecule has 0 heterocycles. The number of alkyl halides is 3. The predicted molar refractivity (Wildman–Crippen MR) is 65.5 cm³/mol. The topological polar surface area (TPSA) is 118 Å². The molecule has 0 radical (unpaired) electrons. The van der Waals surface area contributed by atoms with Gasteiger partial charge in [-0.15, -0.1) is 0 Å². The van der Waals surface area contributed by atoms with Gasteiger partial charge in [0, 0.05) is 19.2 Å². The van der Waals surface area contributed by atoms with Crippen LogP contribution in [-0.2, 0) is 6.18 Å². The van der Waals surface area contributed by atoms with Crippen molar-refractivity contribution in [2.45, 2.75) is 12.3 Å². The molecule has 0 saturated heterocycles. The summed E-state index contributed by atoms with van der Waals surface area (Å²) in [6.45, 7) is -0.414. The number of hydrogen-bond donors (Lipinski definition) is 3. The van der Waals surface area contributed by atoms with Crippen LogP contribution in [0.4, 0.5) is 18.9 Å². The number of benzene rings is 1. The zero-order valence-corrected chi connectivity index (χ0v) is 10.6. The lowest BCUT2D eigenvalue weighted by atomic mass is 10.1. The van der Waals surface area contributed by atoms with Crippen molar-refractivity contribution < 1.29 is 28.0 Å². The molecule has 0 aliphatic rings. The molecule has 0 bridgehead atoms. The maximum atomic E-state index is 12.5. The van der Waals surface area contributed by atoms with Gasteiger partial charge in [0.05, 0.1) is 16.6 Å². The number of carbonyl (C=O) groups excluding carboxylic acids is 1. The van der Waals surface area contributed by atoms with Crippen LogP contribution < -0.4 is 11.1 Å². The predicted octanol–water partition coefficient (Wildman–Crippen LogP) is 0.663. The summed E-state index contributed by atoms with van der Waals surface area (Å²) in [6.07, 6.45) is -5.81. The Morgan fingerprint density at radius 1 is 1.48 bits per heavy atom. The van der Waals surface area contributed by atoms with E-state index in [2.05, 4.69) is 5.32 Å². The van der Waals surface area contributed by atoms with Crippen molar-refractivity contribution in [2.24, 2.45) is 5.73 Å². The number of aliphatic hydroxyl groups is 1. The first kappa shape index (κ1) is 16.9. The number of aliphatic hydroxyl groups excluding tert-OH is 1. The first-order valence-corrected chi connectivity index (χ1v) is 5.68. The Kier molecular flexibility index (Phi) is 5.22. The Morgan fingerprint density at radius 3 is 2.57 bits per heavy atom. The van der Waals surface area contributed by atoms with Crippen LogP contribution in [0.3, 0.4) is 0 Å². The van der Waals surface area contributed by atoms with Crippen LogP contribution in [0.2, 0.25) is 0 Å². The van der Waals surface area contributed by atoms with E-state index in [4.69, 9.17) is 10.8 Å². The second kappa shape index (κ2) is 6.50. The van der Waals surface area contributed by atoms with Crippen molar-refractivity contribution in [1.82, 2.24) is 5.32 Å². The number of halogens is 3. The summed E-state index contributed by atoms with van der Waals surface area (Å²) in [5.41, 5.74) is 2.38. The molecule has 1 aromatic rings. The van der Waals surface area contributed by atoms with Crippen LogP contribution in [-0.4, -0.2) is 35.1 Å². The third kappa shape index (κ3) is 4.39. The SMILES string of the molecule is NCC(O)CNC(=O)c1ccc(C(F)(F)F)cc1[N+](=O)[O-]. The first-order chi connectivity index (χ1) is 9.66. The average Bonchev–Trinajstić information content (AvgIpc) is 2.42. The van der Waals surface area contributed by atoms with Crippen LogP contribution >= 0.6 is 0 Å². The monoisotopic (exact) mass is 307 g/mol. The molecule has 1 unspecified atom stereocenters. The minimum Gasteiger partial charge on any atom is -0.390 e. The lowest BCUT2D eigenvalue weighted by Crippen LogP contribution is -2.36. The Bertz CT molecular complexity index is 548. The van der Waals surface area contributed by atoms with E-state index in [0.717, 1.165) is 0 Å². The maximum absolute atomic E-state index is 12.5. The number of amides is 1. The number of carbonyl (C=O) groups is 1. The van der Waals surface area contributed by atoms with Crippen LogP contribution in [0.25, 0.3) is 0 Å². The zero-order chi connectivity index (χ0) is 16.2. The van der Waals surface area contributed by atoms with Crippen molar-refractivity contribution in [2.75, 3.05) is 13.1 Å². The molecule has 0 aliphatic heterocycles. The van der Waals surface area contributed by atoms with E-state index in [1.165, 1.54) is 0 Å². The normalized spacial score (nSPS) is 12.8. The molecule has 0 fully saturated rings. The van der Waals surface area contributed by atoms with Gasteiger partial charge in [0.1, 0.15) is 5.56 Å². The fourth-order valence-electron chi connectivity index (χ4n) is 1.44. The van der Waals surface area contributed by atoms with Gasteiger partial charge in [-0.25, -0.2) is 0 Å². The number of nitro groups is 1. The van der Waals surface area contributed by atoms with Gasteiger partial charge < -0.3 is 16.2 Å². The number of hydrogen-bond acceptors (Lipinski definition) is 5. The standard InChI is InChI=1S/C11H12F3N3O4/c12-11(13,14)6-1-2-8(9(3-6)17(20)21)10(19)16-5-7(18)4-15/h1-3,7,18H,4-5,15H2,(H,16,19). The van der Waals surface area contributed by atoms with Crippen molar-refractivity contribution >= 4 is 11.6 Å². The molecule has 1 atom stereocenters. The minimum atomic E-state index is -4.75. The molecule has 4 N–H and O–H groups in total. The first-order valence-electron chi connectivity index (χ1n) is 5.68. The fraction of sp³-hybridized carbons (Fsp3) is 0.364. The van der Waals surface area contributed by atoms with Gasteiger partial charge >= 0.3 is 6.18 Å². The van der Waals surface area contributed by atoms with Gasteiger partial charge in [-0.2, -0.15) is 13.2 Å². The minimum absolute atomic E-state index is 0.143. The summed E-state index contributed by atoms with van der Waals surface area (Å²) < 4.78 is 37.5. The number of rotatable bonds is 5. The molecule has 1 aromatic carbocycles. The Morgan fingerprint density at radius 2 is 2.10 bits per heavy atom. The molecule has 116 valence electrons. The second-order valence-electron chi connectivity index (χ2n) is 4.09. The smallest absolute Gasteiger partial charge is 0.390 e. The van der Waals surface area contributed by atoms with Gasteiger partial charge in [-0.05, 0) is 12.1 Å². The summed E-state index contributed by atoms with van der Waals surface area (Å²) in [7, 11) is 0. The highest BCUT2D eigenvalue weighted by molar-refractivity contribution is 5.98. The second-order valence-corrected chi connectivity index (χ2v) is 4.09. The number of nitrogens with two attached hydrogens (primary N) is 1. The molecule has 0 saturated carbocycles. The van der Waals surface area contributed by atoms with Gasteiger partial charge in [-0.3, -0.25) is 14.9 Å². The molecule has 0 aliphatic carbocycles. The summed E-state index contributed by atoms with van der Waals surface area (Å²) in [5, 5.41) is 22.1. The van der Waals surface area contributed by atoms with Crippen molar-refractivity contribution in [3.8, 4) is 0 Å². The average molecular weight is 307 g/mol. The number of nitro benzene ring substituents is 1. The van der Waals surface area contributed by atoms with E-state index < -0.39 is 39.9 Å². The van der Waals surface area contributed by atoms with Crippen LogP contribution in [0, 0.1) is 10.1 Å². The summed E-state index contributed by atoms with van der Waals surface area (Å²) in [5.74, 6) is -0.970. The van der Waals surface area contributed by atoms with Crippen molar-refractivity contribution in [1.29, 1.82) is 0 Å². The van der Waals surface area contributed by atoms with Crippen molar-refractivity contribution in [3.05, 3.63) is 39.4 Å². The molecule has 1 rings (SSSR count). The highest BCUT2D eigenvalue weighted by Gasteiger charge is 2.34. The lowest BCUT2D eigenvalue weighted by Gasteiger charge is -2.11. The molecule has 10 heteroatoms. The van der Waals surface area contributed by atoms with Gasteiger partial charge in [-0.1, -0.05) is 0 Å². The molecule has 21 heavy (non-hydrogen) atoms. The van der Waals surface area contributed by atoms with E-state index in [9.17, 15) is 28.1 Å². The Balaban J connectivity index is 3.07. The third-order valence-electron chi connectivity index (χ3n) is 2.54. The highest BCUT2D eigenvalue weighted by Crippen LogP contribution is 2.32. The summed E-state index contributed by atoms with van der Waals surface area (Å²) in [4.78, 5) is 21.4. The largest absolute Gasteiger partial charge is 0.416 e. The summed E-state index contributed by atoms with van der Waals surface area (Å²) in [6, 6.07) is 1.57. The lowest BCUT2D eigenvalue weighted by molar-refractivity contribution is -0.385. The van der Waals surface area contributed by atoms with Crippen molar-refractivity contribution in [3.63, 3.8) is 0 Å². The van der Waals surface area contributed by atoms with Crippen LogP contribution in [0.1, 0.15) is 15.9 Å². The fourth-order valence-corrected chi connectivity index (χ4v) is 1.44. The van der Waals surface area contributed by atoms with Crippen LogP contribution in [0.15, 0.2) is 18.2 Å². The molecule has 0 aromatic heterocycles. The van der Waals surface area contributed by atoms with Gasteiger partial charge in [0.25, 0.3) is 11.6 Å². The third-order valence-corrected chi connectivity index (χ3v) is 2.54. The van der Waals surface area contributed by atoms with E-state index in [-0.39, 0.29) is 19.2 Å². The van der Waals surface area contributed by atoms with Gasteiger partial charge in [0.2, 0.25) is 0 Å². The van der Waals surface area contributed by atoms with E-state index >= 15 is 0 Å². The number of nitrogens with zero attached hydrogens (tertiary/aromatic N) is 1. The van der Waals surface area contributed by atoms with E-state index in [1.54, 1.807) is 0 Å². The molecule has 7 nitrogen and oxygen atoms in total. The molecular formula is C11H12F3N3O4. The molecule has 0 spiro atoms. The quantitative estimate of drug-likeness (QED) is 0.545. The zero-order valence-electron chi connectivity index (χ0n) is 10.6. The maximum Gasteiger partial charge on any atom is 0.416 e. The molecular weight excluding hydrogens is 295 g/mol. The highest BCUT2D eigenvalue weighted by atomic mass is 19.4. The summed E-state index contributed by atoms with van der Waals surface area (Å²) >= 11 is 0. The van der Waals surface area contributed by atoms with Gasteiger partial charge in [0.15, 0.2) is 0 Å². The van der Waals surface area contributed by atoms with E-state index in [1.807, 2.05) is 0 Å².